The number of ketones is 1. The van der Waals surface area contributed by atoms with Crippen LogP contribution in [-0.4, -0.2) is 41.4 Å². The lowest BCUT2D eigenvalue weighted by Crippen LogP contribution is -2.49. The second-order valence-corrected chi connectivity index (χ2v) is 11.4. The molecule has 0 radical (unpaired) electrons. The van der Waals surface area contributed by atoms with Gasteiger partial charge < -0.3 is 4.90 Å². The van der Waals surface area contributed by atoms with Gasteiger partial charge in [0, 0.05) is 59.2 Å². The van der Waals surface area contributed by atoms with Crippen molar-refractivity contribution in [3.8, 4) is 0 Å². The van der Waals surface area contributed by atoms with Gasteiger partial charge in [0.2, 0.25) is 0 Å². The van der Waals surface area contributed by atoms with E-state index in [-0.39, 0.29) is 41.2 Å². The van der Waals surface area contributed by atoms with Gasteiger partial charge in [0.15, 0.2) is 0 Å². The smallest absolute Gasteiger partial charge is 0.141 e. The molecule has 3 nitrogen and oxygen atoms in total. The van der Waals surface area contributed by atoms with Crippen molar-refractivity contribution in [2.45, 2.75) is 71.0 Å². The highest BCUT2D eigenvalue weighted by atomic mass is 35.5. The summed E-state index contributed by atoms with van der Waals surface area (Å²) in [6, 6.07) is 15.2. The van der Waals surface area contributed by atoms with Gasteiger partial charge in [0.25, 0.3) is 0 Å². The fraction of sp³-hybridized carbons (Fsp3) is 0.536. The largest absolute Gasteiger partial charge is 0.366 e. The number of nitrogens with zero attached hydrogens (tertiary/aromatic N) is 2. The SMILES string of the molecule is C[C@@H]1CC(C(=O)[C@@H]2CN(C(C)(C)C)C[C@H]2c2ccc(Cl)cc2)C[C@H](C)N1c1ccc(F)cc1. The number of Topliss-reactive ketones (excluding diaryl/α,β-unsaturated/α-hetero) is 1. The van der Waals surface area contributed by atoms with Gasteiger partial charge in [0.05, 0.1) is 0 Å². The Morgan fingerprint density at radius 3 is 2.06 bits per heavy atom. The first-order valence-corrected chi connectivity index (χ1v) is 12.5. The third kappa shape index (κ3) is 5.12. The van der Waals surface area contributed by atoms with Gasteiger partial charge >= 0.3 is 0 Å². The average molecular weight is 471 g/mol. The van der Waals surface area contributed by atoms with E-state index >= 15 is 0 Å². The van der Waals surface area contributed by atoms with Crippen molar-refractivity contribution in [1.82, 2.24) is 4.90 Å². The van der Waals surface area contributed by atoms with Crippen LogP contribution in [0.5, 0.6) is 0 Å². The van der Waals surface area contributed by atoms with E-state index in [0.717, 1.165) is 36.6 Å². The molecule has 0 N–H and O–H groups in total. The maximum atomic E-state index is 14.0. The molecule has 0 saturated carbocycles. The van der Waals surface area contributed by atoms with Crippen LogP contribution in [-0.2, 0) is 4.79 Å². The molecule has 0 bridgehead atoms. The number of piperidine rings is 1. The number of carbonyl (C=O) groups excluding carboxylic acids is 1. The first-order valence-electron chi connectivity index (χ1n) is 12.1. The Morgan fingerprint density at radius 1 is 0.939 bits per heavy atom. The van der Waals surface area contributed by atoms with Gasteiger partial charge in [0.1, 0.15) is 11.6 Å². The highest BCUT2D eigenvalue weighted by molar-refractivity contribution is 6.30. The van der Waals surface area contributed by atoms with Crippen molar-refractivity contribution in [3.05, 3.63) is 64.9 Å². The predicted molar refractivity (Wildman–Crippen MR) is 135 cm³/mol. The standard InChI is InChI=1S/C28H36ClFN2O/c1-18-14-21(15-19(2)32(18)24-12-10-23(30)11-13-24)27(33)26-17-31(28(3,4)5)16-25(26)20-6-8-22(29)9-7-20/h6-13,18-19,21,25-26H,14-17H2,1-5H3/t18-,19+,21?,25-,26+/m0/s1. The minimum atomic E-state index is -0.220. The topological polar surface area (TPSA) is 23.6 Å². The third-order valence-corrected chi connectivity index (χ3v) is 7.91. The summed E-state index contributed by atoms with van der Waals surface area (Å²) in [5.41, 5.74) is 2.25. The van der Waals surface area contributed by atoms with Crippen LogP contribution in [0.25, 0.3) is 0 Å². The zero-order valence-electron chi connectivity index (χ0n) is 20.4. The Balaban J connectivity index is 1.55. The molecule has 0 aromatic heterocycles. The molecular weight excluding hydrogens is 435 g/mol. The molecule has 2 aromatic rings. The van der Waals surface area contributed by atoms with Gasteiger partial charge in [-0.3, -0.25) is 9.69 Å². The van der Waals surface area contributed by atoms with Crippen LogP contribution in [0.2, 0.25) is 5.02 Å². The Labute approximate surface area is 202 Å². The quantitative estimate of drug-likeness (QED) is 0.505. The molecule has 2 fully saturated rings. The molecule has 2 aromatic carbocycles. The van der Waals surface area contributed by atoms with E-state index in [1.807, 2.05) is 24.3 Å². The minimum Gasteiger partial charge on any atom is -0.366 e. The normalized spacial score (nSPS) is 28.8. The first-order chi connectivity index (χ1) is 15.5. The molecule has 5 heteroatoms. The van der Waals surface area contributed by atoms with Crippen LogP contribution in [0.1, 0.15) is 58.9 Å². The van der Waals surface area contributed by atoms with Crippen LogP contribution in [0.15, 0.2) is 48.5 Å². The molecule has 2 heterocycles. The molecule has 2 aliphatic heterocycles. The van der Waals surface area contributed by atoms with Gasteiger partial charge in [-0.1, -0.05) is 23.7 Å². The van der Waals surface area contributed by atoms with Crippen LogP contribution in [0, 0.1) is 17.7 Å². The maximum absolute atomic E-state index is 14.0. The van der Waals surface area contributed by atoms with E-state index in [0.29, 0.717) is 5.78 Å². The zero-order valence-corrected chi connectivity index (χ0v) is 21.1. The van der Waals surface area contributed by atoms with Crippen molar-refractivity contribution >= 4 is 23.1 Å². The van der Waals surface area contributed by atoms with E-state index in [9.17, 15) is 9.18 Å². The summed E-state index contributed by atoms with van der Waals surface area (Å²) in [6.07, 6.45) is 1.67. The summed E-state index contributed by atoms with van der Waals surface area (Å²) in [5, 5.41) is 0.725. The number of halogens is 2. The summed E-state index contributed by atoms with van der Waals surface area (Å²) >= 11 is 6.14. The van der Waals surface area contributed by atoms with E-state index in [4.69, 9.17) is 11.6 Å². The number of hydrogen-bond acceptors (Lipinski definition) is 3. The third-order valence-electron chi connectivity index (χ3n) is 7.66. The molecule has 178 valence electrons. The van der Waals surface area contributed by atoms with Crippen molar-refractivity contribution in [2.24, 2.45) is 11.8 Å². The molecule has 0 amide bonds. The minimum absolute atomic E-state index is 0.00725. The van der Waals surface area contributed by atoms with Crippen molar-refractivity contribution < 1.29 is 9.18 Å². The molecule has 0 aliphatic carbocycles. The fourth-order valence-electron chi connectivity index (χ4n) is 5.93. The molecule has 33 heavy (non-hydrogen) atoms. The lowest BCUT2D eigenvalue weighted by Gasteiger charge is -2.44. The lowest BCUT2D eigenvalue weighted by molar-refractivity contribution is -0.128. The molecule has 0 spiro atoms. The summed E-state index contributed by atoms with van der Waals surface area (Å²) in [4.78, 5) is 18.8. The summed E-state index contributed by atoms with van der Waals surface area (Å²) < 4.78 is 13.4. The number of likely N-dealkylation sites (tertiary alicyclic amines) is 1. The van der Waals surface area contributed by atoms with Crippen LogP contribution < -0.4 is 4.90 Å². The molecular formula is C28H36ClFN2O. The van der Waals surface area contributed by atoms with Gasteiger partial charge in [-0.05, 0) is 89.4 Å². The highest BCUT2D eigenvalue weighted by Crippen LogP contribution is 2.41. The van der Waals surface area contributed by atoms with Crippen LogP contribution in [0.3, 0.4) is 0 Å². The van der Waals surface area contributed by atoms with Gasteiger partial charge in [-0.2, -0.15) is 0 Å². The molecule has 2 aliphatic rings. The Kier molecular flexibility index (Phi) is 6.89. The number of hydrogen-bond donors (Lipinski definition) is 0. The van der Waals surface area contributed by atoms with Crippen LogP contribution in [0.4, 0.5) is 10.1 Å². The molecule has 5 atom stereocenters. The Bertz CT molecular complexity index is 957. The second kappa shape index (κ2) is 9.38. The predicted octanol–water partition coefficient (Wildman–Crippen LogP) is 6.56. The number of carbonyl (C=O) groups is 1. The summed E-state index contributed by atoms with van der Waals surface area (Å²) in [6.45, 7) is 12.7. The molecule has 2 saturated heterocycles. The Morgan fingerprint density at radius 2 is 1.52 bits per heavy atom. The van der Waals surface area contributed by atoms with E-state index in [1.165, 1.54) is 17.7 Å². The number of rotatable bonds is 4. The number of anilines is 1. The van der Waals surface area contributed by atoms with E-state index < -0.39 is 0 Å². The highest BCUT2D eigenvalue weighted by Gasteiger charge is 2.45. The first kappa shape index (κ1) is 24.2. The molecule has 1 unspecified atom stereocenters. The van der Waals surface area contributed by atoms with Gasteiger partial charge in [-0.25, -0.2) is 4.39 Å². The zero-order chi connectivity index (χ0) is 23.9. The Hall–Kier alpha value is -1.91. The summed E-state index contributed by atoms with van der Waals surface area (Å²) in [7, 11) is 0. The molecule has 4 rings (SSSR count). The van der Waals surface area contributed by atoms with Crippen LogP contribution >= 0.6 is 11.6 Å². The van der Waals surface area contributed by atoms with Crippen molar-refractivity contribution in [3.63, 3.8) is 0 Å². The van der Waals surface area contributed by atoms with Gasteiger partial charge in [-0.15, -0.1) is 0 Å². The monoisotopic (exact) mass is 470 g/mol. The second-order valence-electron chi connectivity index (χ2n) is 11.0. The lowest BCUT2D eigenvalue weighted by atomic mass is 9.76. The maximum Gasteiger partial charge on any atom is 0.141 e. The summed E-state index contributed by atoms with van der Waals surface area (Å²) in [5.74, 6) is 0.412. The fourth-order valence-corrected chi connectivity index (χ4v) is 6.05. The van der Waals surface area contributed by atoms with Crippen molar-refractivity contribution in [1.29, 1.82) is 0 Å². The van der Waals surface area contributed by atoms with Crippen molar-refractivity contribution in [2.75, 3.05) is 18.0 Å². The number of benzene rings is 2. The van der Waals surface area contributed by atoms with E-state index in [1.54, 1.807) is 0 Å². The van der Waals surface area contributed by atoms with E-state index in [2.05, 4.69) is 56.6 Å². The average Bonchev–Trinajstić information content (AvgIpc) is 3.20.